The van der Waals surface area contributed by atoms with Crippen molar-refractivity contribution in [2.45, 2.75) is 6.41 Å². The van der Waals surface area contributed by atoms with E-state index in [9.17, 15) is 4.79 Å². The number of aliphatic hydroxyl groups is 2. The molecule has 5 nitrogen and oxygen atoms in total. The summed E-state index contributed by atoms with van der Waals surface area (Å²) >= 11 is 0. The van der Waals surface area contributed by atoms with Crippen LogP contribution in [0.2, 0.25) is 0 Å². The quantitative estimate of drug-likeness (QED) is 0.329. The van der Waals surface area contributed by atoms with Gasteiger partial charge in [-0.05, 0) is 0 Å². The summed E-state index contributed by atoms with van der Waals surface area (Å²) in [7, 11) is 0. The van der Waals surface area contributed by atoms with Gasteiger partial charge in [-0.15, -0.1) is 0 Å². The van der Waals surface area contributed by atoms with E-state index < -0.39 is 12.4 Å². The number of urea groups is 1. The van der Waals surface area contributed by atoms with Gasteiger partial charge >= 0.3 is 6.03 Å². The summed E-state index contributed by atoms with van der Waals surface area (Å²) in [5.74, 6) is 0. The van der Waals surface area contributed by atoms with E-state index in [1.165, 1.54) is 0 Å². The Bertz CT molecular complexity index is 83.9. The van der Waals surface area contributed by atoms with Crippen LogP contribution in [0.25, 0.3) is 0 Å². The van der Waals surface area contributed by atoms with Crippen LogP contribution >= 0.6 is 0 Å². The molecular weight excluding hydrogens is 124 g/mol. The second-order valence-corrected chi connectivity index (χ2v) is 0.882. The molecule has 0 unspecified atom stereocenters. The Labute approximate surface area is 52.8 Å². The fourth-order valence-electron chi connectivity index (χ4n) is 0.127. The van der Waals surface area contributed by atoms with Gasteiger partial charge in [0, 0.05) is 0 Å². The highest BCUT2D eigenvalue weighted by Gasteiger charge is 1.95. The third-order valence-electron chi connectivity index (χ3n) is 0.271. The smallest absolute Gasteiger partial charge is 0.316 e. The highest BCUT2D eigenvalue weighted by atomic mass is 16.5. The lowest BCUT2D eigenvalue weighted by Gasteiger charge is -1.99. The van der Waals surface area contributed by atoms with E-state index in [2.05, 4.69) is 18.9 Å². The van der Waals surface area contributed by atoms with E-state index in [1.807, 2.05) is 0 Å². The van der Waals surface area contributed by atoms with Crippen LogP contribution in [0.3, 0.4) is 0 Å². The number of carbonyl (C=O) groups is 1. The van der Waals surface area contributed by atoms with Crippen LogP contribution in [0.4, 0.5) is 4.79 Å². The van der Waals surface area contributed by atoms with E-state index in [1.54, 1.807) is 5.32 Å². The standard InChI is InChI=1S/C2H6N2O3.C2H3/c3-1(5)4-2(6)7;1-2/h2,6-7H,(H3,3,4,5);1H,2H2. The van der Waals surface area contributed by atoms with Crippen molar-refractivity contribution in [2.24, 2.45) is 5.73 Å². The van der Waals surface area contributed by atoms with Crippen LogP contribution in [0.1, 0.15) is 0 Å². The molecule has 2 amide bonds. The summed E-state index contributed by atoms with van der Waals surface area (Å²) in [6.07, 6.45) is -1.85. The Morgan fingerprint density at radius 3 is 2.00 bits per heavy atom. The minimum Gasteiger partial charge on any atom is -0.352 e. The lowest BCUT2D eigenvalue weighted by molar-refractivity contribution is -0.0547. The Kier molecular flexibility index (Phi) is 8.34. The first-order chi connectivity index (χ1) is 4.13. The average molecular weight is 133 g/mol. The van der Waals surface area contributed by atoms with Crippen molar-refractivity contribution >= 4 is 6.03 Å². The molecule has 0 aromatic carbocycles. The first-order valence-corrected chi connectivity index (χ1v) is 1.96. The van der Waals surface area contributed by atoms with E-state index in [0.717, 1.165) is 0 Å². The van der Waals surface area contributed by atoms with Crippen molar-refractivity contribution in [2.75, 3.05) is 0 Å². The van der Waals surface area contributed by atoms with Crippen LogP contribution in [0.15, 0.2) is 6.58 Å². The van der Waals surface area contributed by atoms with Crippen molar-refractivity contribution in [3.8, 4) is 0 Å². The maximum atomic E-state index is 9.60. The van der Waals surface area contributed by atoms with Crippen LogP contribution < -0.4 is 11.1 Å². The van der Waals surface area contributed by atoms with Crippen LogP contribution in [-0.4, -0.2) is 22.7 Å². The zero-order valence-corrected chi connectivity index (χ0v) is 4.74. The van der Waals surface area contributed by atoms with Gasteiger partial charge in [-0.3, -0.25) is 5.32 Å². The molecule has 1 radical (unpaired) electrons. The Morgan fingerprint density at radius 2 is 2.00 bits per heavy atom. The van der Waals surface area contributed by atoms with Gasteiger partial charge in [0.15, 0.2) is 0 Å². The second kappa shape index (κ2) is 6.93. The number of carbonyl (C=O) groups excluding carboxylic acids is 1. The minimum atomic E-state index is -1.85. The number of hydrogen-bond acceptors (Lipinski definition) is 3. The van der Waals surface area contributed by atoms with Crippen LogP contribution in [-0.2, 0) is 0 Å². The second-order valence-electron chi connectivity index (χ2n) is 0.882. The van der Waals surface area contributed by atoms with Gasteiger partial charge in [0.25, 0.3) is 0 Å². The normalized spacial score (nSPS) is 7.44. The molecule has 0 fully saturated rings. The van der Waals surface area contributed by atoms with Gasteiger partial charge in [-0.1, -0.05) is 13.2 Å². The Hall–Kier alpha value is -1.07. The summed E-state index contributed by atoms with van der Waals surface area (Å²) in [5.41, 5.74) is 4.42. The fraction of sp³-hybridized carbons (Fsp3) is 0.250. The van der Waals surface area contributed by atoms with Crippen molar-refractivity contribution in [1.82, 2.24) is 5.32 Å². The average Bonchev–Trinajstić information content (AvgIpc) is 1.68. The maximum Gasteiger partial charge on any atom is 0.316 e. The van der Waals surface area contributed by atoms with Crippen LogP contribution in [0.5, 0.6) is 0 Å². The van der Waals surface area contributed by atoms with E-state index in [0.29, 0.717) is 0 Å². The summed E-state index contributed by atoms with van der Waals surface area (Å²) in [6, 6.07) is -0.963. The molecule has 0 bridgehead atoms. The predicted octanol–water partition coefficient (Wildman–Crippen LogP) is -1.47. The van der Waals surface area contributed by atoms with E-state index in [4.69, 9.17) is 10.2 Å². The van der Waals surface area contributed by atoms with Crippen molar-refractivity contribution in [3.63, 3.8) is 0 Å². The zero-order chi connectivity index (χ0) is 7.86. The van der Waals surface area contributed by atoms with Gasteiger partial charge in [0.05, 0.1) is 0 Å². The highest BCUT2D eigenvalue weighted by molar-refractivity contribution is 5.71. The highest BCUT2D eigenvalue weighted by Crippen LogP contribution is 1.60. The largest absolute Gasteiger partial charge is 0.352 e. The maximum absolute atomic E-state index is 9.60. The molecule has 0 aliphatic heterocycles. The van der Waals surface area contributed by atoms with Crippen LogP contribution in [0, 0.1) is 6.58 Å². The molecule has 0 aliphatic rings. The minimum absolute atomic E-state index is 0.963. The van der Waals surface area contributed by atoms with Gasteiger partial charge in [-0.25, -0.2) is 4.79 Å². The van der Waals surface area contributed by atoms with Gasteiger partial charge in [0.1, 0.15) is 0 Å². The molecule has 0 atom stereocenters. The molecule has 0 saturated carbocycles. The third-order valence-corrected chi connectivity index (χ3v) is 0.271. The summed E-state index contributed by atoms with van der Waals surface area (Å²) in [5, 5.41) is 17.3. The molecule has 0 aromatic rings. The Balaban J connectivity index is 0. The van der Waals surface area contributed by atoms with E-state index in [-0.39, 0.29) is 0 Å². The summed E-state index contributed by atoms with van der Waals surface area (Å²) in [4.78, 5) is 9.60. The van der Waals surface area contributed by atoms with E-state index >= 15 is 0 Å². The van der Waals surface area contributed by atoms with Gasteiger partial charge in [0.2, 0.25) is 6.41 Å². The number of primary amides is 1. The predicted molar refractivity (Wildman–Crippen MR) is 30.9 cm³/mol. The number of rotatable bonds is 1. The lowest BCUT2D eigenvalue weighted by Crippen LogP contribution is -2.38. The molecule has 0 aliphatic carbocycles. The van der Waals surface area contributed by atoms with Crippen molar-refractivity contribution < 1.29 is 15.0 Å². The first kappa shape index (κ1) is 10.8. The first-order valence-electron chi connectivity index (χ1n) is 1.96. The molecule has 5 heteroatoms. The molecule has 5 N–H and O–H groups in total. The fourth-order valence-corrected chi connectivity index (χ4v) is 0.127. The molecular formula is C4H9N2O3. The Morgan fingerprint density at radius 1 is 1.67 bits per heavy atom. The molecule has 0 rings (SSSR count). The molecule has 0 saturated heterocycles. The molecule has 0 aromatic heterocycles. The number of nitrogens with two attached hydrogens (primary N) is 1. The number of amides is 2. The SMILES string of the molecule is NC(=O)NC(O)O.[CH]=C. The summed E-state index contributed by atoms with van der Waals surface area (Å²) < 4.78 is 0. The monoisotopic (exact) mass is 133 g/mol. The zero-order valence-electron chi connectivity index (χ0n) is 4.74. The van der Waals surface area contributed by atoms with Crippen molar-refractivity contribution in [3.05, 3.63) is 13.2 Å². The number of nitrogens with one attached hydrogen (secondary N) is 1. The van der Waals surface area contributed by atoms with Gasteiger partial charge in [-0.2, -0.15) is 0 Å². The summed E-state index contributed by atoms with van der Waals surface area (Å²) in [6.45, 7) is 7.00. The topological polar surface area (TPSA) is 95.6 Å². The molecule has 9 heavy (non-hydrogen) atoms. The number of hydrogen-bond donors (Lipinski definition) is 4. The lowest BCUT2D eigenvalue weighted by atomic mass is 10.9. The third kappa shape index (κ3) is 19.6. The molecule has 0 heterocycles. The molecule has 0 spiro atoms. The number of aliphatic hydroxyl groups excluding tert-OH is 1. The van der Waals surface area contributed by atoms with Gasteiger partial charge < -0.3 is 15.9 Å². The molecule has 53 valence electrons. The van der Waals surface area contributed by atoms with Crippen molar-refractivity contribution in [1.29, 1.82) is 0 Å².